The van der Waals surface area contributed by atoms with E-state index in [0.29, 0.717) is 16.6 Å². The van der Waals surface area contributed by atoms with Gasteiger partial charge in [0, 0.05) is 17.6 Å². The molecule has 1 aromatic carbocycles. The zero-order chi connectivity index (χ0) is 14.6. The summed E-state index contributed by atoms with van der Waals surface area (Å²) in [5.41, 5.74) is 0.397. The van der Waals surface area contributed by atoms with Gasteiger partial charge in [-0.25, -0.2) is 4.39 Å². The van der Waals surface area contributed by atoms with Crippen molar-refractivity contribution in [3.63, 3.8) is 0 Å². The zero-order valence-electron chi connectivity index (χ0n) is 11.6. The molecule has 110 valence electrons. The lowest BCUT2D eigenvalue weighted by molar-refractivity contribution is -0.117. The van der Waals surface area contributed by atoms with Gasteiger partial charge in [-0.15, -0.1) is 0 Å². The van der Waals surface area contributed by atoms with E-state index in [1.54, 1.807) is 12.1 Å². The maximum absolute atomic E-state index is 13.4. The number of rotatable bonds is 4. The van der Waals surface area contributed by atoms with E-state index in [0.717, 1.165) is 25.7 Å². The topological polar surface area (TPSA) is 41.1 Å². The second kappa shape index (κ2) is 6.68. The first-order chi connectivity index (χ1) is 9.54. The van der Waals surface area contributed by atoms with Crippen LogP contribution in [0.2, 0.25) is 0 Å². The van der Waals surface area contributed by atoms with Gasteiger partial charge in [-0.05, 0) is 54.0 Å². The van der Waals surface area contributed by atoms with Crippen molar-refractivity contribution in [1.29, 1.82) is 0 Å². The highest BCUT2D eigenvalue weighted by atomic mass is 79.9. The monoisotopic (exact) mass is 342 g/mol. The van der Waals surface area contributed by atoms with Crippen molar-refractivity contribution in [3.8, 4) is 0 Å². The Morgan fingerprint density at radius 1 is 1.35 bits per heavy atom. The van der Waals surface area contributed by atoms with E-state index in [1.807, 2.05) is 7.05 Å². The average Bonchev–Trinajstić information content (AvgIpc) is 2.44. The van der Waals surface area contributed by atoms with Crippen molar-refractivity contribution in [1.82, 2.24) is 5.32 Å². The van der Waals surface area contributed by atoms with Gasteiger partial charge >= 0.3 is 0 Å². The first-order valence-electron chi connectivity index (χ1n) is 6.98. The Hall–Kier alpha value is -0.940. The van der Waals surface area contributed by atoms with Crippen LogP contribution < -0.4 is 10.6 Å². The van der Waals surface area contributed by atoms with Gasteiger partial charge in [0.1, 0.15) is 5.82 Å². The molecule has 20 heavy (non-hydrogen) atoms. The van der Waals surface area contributed by atoms with Crippen LogP contribution in [0.3, 0.4) is 0 Å². The minimum absolute atomic E-state index is 0.0667. The molecule has 0 atom stereocenters. The molecule has 1 amide bonds. The Balaban J connectivity index is 1.98. The Morgan fingerprint density at radius 2 is 2.05 bits per heavy atom. The molecule has 2 N–H and O–H groups in total. The normalized spacial score (nSPS) is 17.8. The molecular formula is C15H20BrFN2O. The lowest BCUT2D eigenvalue weighted by atomic mass is 9.79. The van der Waals surface area contributed by atoms with Crippen molar-refractivity contribution < 1.29 is 9.18 Å². The van der Waals surface area contributed by atoms with E-state index in [9.17, 15) is 9.18 Å². The molecule has 0 unspecified atom stereocenters. The summed E-state index contributed by atoms with van der Waals surface area (Å²) >= 11 is 3.10. The number of hydrogen-bond donors (Lipinski definition) is 2. The second-order valence-corrected chi connectivity index (χ2v) is 6.30. The maximum atomic E-state index is 13.4. The summed E-state index contributed by atoms with van der Waals surface area (Å²) < 4.78 is 13.8. The molecule has 1 saturated carbocycles. The molecule has 0 spiro atoms. The number of halogens is 2. The smallest absolute Gasteiger partial charge is 0.226 e. The molecule has 1 aromatic rings. The molecule has 0 saturated heterocycles. The molecule has 5 heteroatoms. The third-order valence-corrected chi connectivity index (χ3v) is 4.69. The highest BCUT2D eigenvalue weighted by molar-refractivity contribution is 9.10. The number of carbonyl (C=O) groups excluding carboxylic acids is 1. The molecule has 3 nitrogen and oxygen atoms in total. The summed E-state index contributed by atoms with van der Waals surface area (Å²) in [5.74, 6) is -0.438. The molecule has 0 radical (unpaired) electrons. The van der Waals surface area contributed by atoms with E-state index in [1.165, 1.54) is 12.5 Å². The Bertz CT molecular complexity index is 487. The Morgan fingerprint density at radius 3 is 2.65 bits per heavy atom. The fourth-order valence-electron chi connectivity index (χ4n) is 2.83. The molecule has 0 aromatic heterocycles. The zero-order valence-corrected chi connectivity index (χ0v) is 13.2. The lowest BCUT2D eigenvalue weighted by Crippen LogP contribution is -2.47. The minimum atomic E-state index is -0.371. The van der Waals surface area contributed by atoms with Gasteiger partial charge in [0.25, 0.3) is 0 Å². The van der Waals surface area contributed by atoms with Gasteiger partial charge in [0.15, 0.2) is 0 Å². The lowest BCUT2D eigenvalue weighted by Gasteiger charge is -2.36. The molecule has 1 aliphatic carbocycles. The largest absolute Gasteiger partial charge is 0.326 e. The van der Waals surface area contributed by atoms with Crippen LogP contribution in [0.1, 0.15) is 38.5 Å². The predicted octanol–water partition coefficient (Wildman–Crippen LogP) is 3.84. The average molecular weight is 343 g/mol. The van der Waals surface area contributed by atoms with E-state index in [4.69, 9.17) is 0 Å². The molecule has 0 aliphatic heterocycles. The minimum Gasteiger partial charge on any atom is -0.326 e. The van der Waals surface area contributed by atoms with Gasteiger partial charge in [0.2, 0.25) is 5.91 Å². The van der Waals surface area contributed by atoms with E-state index >= 15 is 0 Å². The van der Waals surface area contributed by atoms with Crippen LogP contribution in [0.25, 0.3) is 0 Å². The third-order valence-electron chi connectivity index (χ3n) is 4.04. The summed E-state index contributed by atoms with van der Waals surface area (Å²) in [6.07, 6.45) is 6.02. The van der Waals surface area contributed by atoms with Crippen molar-refractivity contribution in [2.24, 2.45) is 0 Å². The van der Waals surface area contributed by atoms with Gasteiger partial charge in [0.05, 0.1) is 4.47 Å². The van der Waals surface area contributed by atoms with E-state index < -0.39 is 0 Å². The van der Waals surface area contributed by atoms with Crippen LogP contribution in [0.5, 0.6) is 0 Å². The second-order valence-electron chi connectivity index (χ2n) is 5.44. The third kappa shape index (κ3) is 3.79. The summed E-state index contributed by atoms with van der Waals surface area (Å²) in [5, 5.41) is 6.09. The first kappa shape index (κ1) is 15.4. The van der Waals surface area contributed by atoms with Crippen LogP contribution >= 0.6 is 15.9 Å². The highest BCUT2D eigenvalue weighted by Crippen LogP contribution is 2.31. The number of amides is 1. The fraction of sp³-hybridized carbons (Fsp3) is 0.533. The number of hydrogen-bond acceptors (Lipinski definition) is 2. The first-order valence-corrected chi connectivity index (χ1v) is 7.78. The number of benzene rings is 1. The summed E-state index contributed by atoms with van der Waals surface area (Å²) in [7, 11) is 1.91. The molecule has 2 rings (SSSR count). The quantitative estimate of drug-likeness (QED) is 0.872. The van der Waals surface area contributed by atoms with Crippen molar-refractivity contribution in [3.05, 3.63) is 28.5 Å². The molecule has 0 bridgehead atoms. The van der Waals surface area contributed by atoms with E-state index in [2.05, 4.69) is 26.6 Å². The van der Waals surface area contributed by atoms with Gasteiger partial charge in [-0.2, -0.15) is 0 Å². The summed E-state index contributed by atoms with van der Waals surface area (Å²) in [6, 6.07) is 4.62. The molecule has 1 fully saturated rings. The number of carbonyl (C=O) groups is 1. The SMILES string of the molecule is CNC1(CC(=O)Nc2ccc(Br)c(F)c2)CCCCC1. The van der Waals surface area contributed by atoms with Crippen LogP contribution in [-0.2, 0) is 4.79 Å². The predicted molar refractivity (Wildman–Crippen MR) is 82.2 cm³/mol. The van der Waals surface area contributed by atoms with Gasteiger partial charge < -0.3 is 10.6 Å². The summed E-state index contributed by atoms with van der Waals surface area (Å²) in [4.78, 5) is 12.2. The van der Waals surface area contributed by atoms with Crippen molar-refractivity contribution in [2.45, 2.75) is 44.1 Å². The molecule has 0 heterocycles. The van der Waals surface area contributed by atoms with Crippen molar-refractivity contribution >= 4 is 27.5 Å². The van der Waals surface area contributed by atoms with Gasteiger partial charge in [-0.1, -0.05) is 19.3 Å². The van der Waals surface area contributed by atoms with E-state index in [-0.39, 0.29) is 17.3 Å². The van der Waals surface area contributed by atoms with Gasteiger partial charge in [-0.3, -0.25) is 4.79 Å². The number of anilines is 1. The Kier molecular flexibility index (Phi) is 5.16. The van der Waals surface area contributed by atoms with Crippen LogP contribution in [-0.4, -0.2) is 18.5 Å². The van der Waals surface area contributed by atoms with Crippen LogP contribution in [0, 0.1) is 5.82 Å². The molecule has 1 aliphatic rings. The fourth-order valence-corrected chi connectivity index (χ4v) is 3.08. The van der Waals surface area contributed by atoms with Crippen LogP contribution in [0.4, 0.5) is 10.1 Å². The maximum Gasteiger partial charge on any atom is 0.226 e. The van der Waals surface area contributed by atoms with Crippen molar-refractivity contribution in [2.75, 3.05) is 12.4 Å². The van der Waals surface area contributed by atoms with Crippen LogP contribution in [0.15, 0.2) is 22.7 Å². The molecular weight excluding hydrogens is 323 g/mol. The summed E-state index contributed by atoms with van der Waals surface area (Å²) in [6.45, 7) is 0. The number of nitrogens with one attached hydrogen (secondary N) is 2. The highest BCUT2D eigenvalue weighted by Gasteiger charge is 2.32. The Labute approximate surface area is 127 Å². The standard InChI is InChI=1S/C15H20BrFN2O/c1-18-15(7-3-2-4-8-15)10-14(20)19-11-5-6-12(16)13(17)9-11/h5-6,9,18H,2-4,7-8,10H2,1H3,(H,19,20).